The van der Waals surface area contributed by atoms with Crippen LogP contribution in [0.3, 0.4) is 0 Å². The van der Waals surface area contributed by atoms with Crippen molar-refractivity contribution >= 4 is 34.2 Å². The Morgan fingerprint density at radius 2 is 1.72 bits per heavy atom. The Morgan fingerprint density at radius 3 is 2.47 bits per heavy atom. The lowest BCUT2D eigenvalue weighted by Gasteiger charge is -2.43. The fraction of sp³-hybridized carbons (Fsp3) is 0.361. The number of hydrogen-bond acceptors (Lipinski definition) is 7. The molecule has 7 rings (SSSR count). The Labute approximate surface area is 276 Å². The SMILES string of the molecule is CCn1ccc2c(=O)n(CC3(O)CCN(C(=O)[C@@H]4CCN(C(=O)c5ccc(-c6ccncc6)s5)C[C@H]4c4ccccc4)CC3)cnc21. The summed E-state index contributed by atoms with van der Waals surface area (Å²) in [6, 6.07) is 19.5. The van der Waals surface area contributed by atoms with Crippen LogP contribution in [0.25, 0.3) is 21.5 Å². The Bertz CT molecular complexity index is 1940. The topological polar surface area (TPSA) is 114 Å². The second-order valence-electron chi connectivity index (χ2n) is 12.6. The van der Waals surface area contributed by atoms with E-state index in [0.717, 1.165) is 22.5 Å². The molecule has 10 nitrogen and oxygen atoms in total. The lowest BCUT2D eigenvalue weighted by molar-refractivity contribution is -0.142. The number of likely N-dealkylation sites (tertiary alicyclic amines) is 2. The number of rotatable bonds is 7. The molecule has 0 spiro atoms. The molecule has 0 saturated carbocycles. The molecule has 2 aliphatic rings. The van der Waals surface area contributed by atoms with Crippen molar-refractivity contribution < 1.29 is 14.7 Å². The van der Waals surface area contributed by atoms with E-state index in [1.807, 2.05) is 82.1 Å². The number of aryl methyl sites for hydroxylation is 1. The van der Waals surface area contributed by atoms with Gasteiger partial charge in [0.25, 0.3) is 11.5 Å². The highest BCUT2D eigenvalue weighted by Crippen LogP contribution is 2.37. The van der Waals surface area contributed by atoms with Crippen LogP contribution in [-0.2, 0) is 17.9 Å². The molecule has 242 valence electrons. The molecule has 0 bridgehead atoms. The summed E-state index contributed by atoms with van der Waals surface area (Å²) in [5, 5.41) is 12.1. The predicted molar refractivity (Wildman–Crippen MR) is 181 cm³/mol. The first-order valence-electron chi connectivity index (χ1n) is 16.2. The molecule has 2 atom stereocenters. The lowest BCUT2D eigenvalue weighted by atomic mass is 9.79. The van der Waals surface area contributed by atoms with Crippen LogP contribution in [0.15, 0.2) is 90.4 Å². The Kier molecular flexibility index (Phi) is 8.50. The molecule has 4 aromatic heterocycles. The van der Waals surface area contributed by atoms with Crippen molar-refractivity contribution in [3.63, 3.8) is 0 Å². The van der Waals surface area contributed by atoms with Crippen LogP contribution in [0.1, 0.15) is 47.3 Å². The number of pyridine rings is 1. The van der Waals surface area contributed by atoms with Gasteiger partial charge in [0.2, 0.25) is 5.91 Å². The first kappa shape index (κ1) is 31.0. The van der Waals surface area contributed by atoms with Crippen molar-refractivity contribution in [2.45, 2.75) is 50.8 Å². The number of hydrogen-bond donors (Lipinski definition) is 1. The Morgan fingerprint density at radius 1 is 0.957 bits per heavy atom. The van der Waals surface area contributed by atoms with Gasteiger partial charge in [0.05, 0.1) is 22.4 Å². The molecule has 2 amide bonds. The minimum Gasteiger partial charge on any atom is -0.388 e. The van der Waals surface area contributed by atoms with Gasteiger partial charge in [-0.15, -0.1) is 11.3 Å². The Balaban J connectivity index is 1.04. The molecule has 5 aromatic rings. The third-order valence-electron chi connectivity index (χ3n) is 9.78. The number of piperidine rings is 2. The van der Waals surface area contributed by atoms with Crippen molar-refractivity contribution in [2.75, 3.05) is 26.2 Å². The maximum atomic E-state index is 14.1. The van der Waals surface area contributed by atoms with E-state index in [9.17, 15) is 19.5 Å². The molecular formula is C36H38N6O4S. The van der Waals surface area contributed by atoms with Crippen molar-refractivity contribution in [1.82, 2.24) is 28.9 Å². The third-order valence-corrected chi connectivity index (χ3v) is 10.9. The number of carbonyl (C=O) groups excluding carboxylic acids is 2. The summed E-state index contributed by atoms with van der Waals surface area (Å²) < 4.78 is 3.41. The molecule has 2 aliphatic heterocycles. The summed E-state index contributed by atoms with van der Waals surface area (Å²) in [7, 11) is 0. The maximum Gasteiger partial charge on any atom is 0.263 e. The van der Waals surface area contributed by atoms with Gasteiger partial charge in [-0.25, -0.2) is 4.98 Å². The molecule has 0 unspecified atom stereocenters. The van der Waals surface area contributed by atoms with Gasteiger partial charge in [-0.3, -0.25) is 23.9 Å². The van der Waals surface area contributed by atoms with E-state index in [1.54, 1.807) is 18.5 Å². The molecule has 47 heavy (non-hydrogen) atoms. The number of aliphatic hydroxyl groups is 1. The maximum absolute atomic E-state index is 14.1. The summed E-state index contributed by atoms with van der Waals surface area (Å²) >= 11 is 1.47. The molecule has 0 radical (unpaired) electrons. The van der Waals surface area contributed by atoms with E-state index in [-0.39, 0.29) is 35.8 Å². The Hall–Kier alpha value is -4.61. The van der Waals surface area contributed by atoms with Gasteiger partial charge in [0, 0.05) is 68.0 Å². The number of aromatic nitrogens is 4. The third kappa shape index (κ3) is 6.13. The summed E-state index contributed by atoms with van der Waals surface area (Å²) in [6.45, 7) is 4.61. The highest BCUT2D eigenvalue weighted by molar-refractivity contribution is 7.17. The minimum atomic E-state index is -1.12. The number of nitrogens with zero attached hydrogens (tertiary/aromatic N) is 6. The van der Waals surface area contributed by atoms with Crippen LogP contribution >= 0.6 is 11.3 Å². The van der Waals surface area contributed by atoms with Gasteiger partial charge >= 0.3 is 0 Å². The summed E-state index contributed by atoms with van der Waals surface area (Å²) in [5.74, 6) is -0.376. The van der Waals surface area contributed by atoms with E-state index in [4.69, 9.17) is 0 Å². The van der Waals surface area contributed by atoms with Gasteiger partial charge in [-0.2, -0.15) is 0 Å². The first-order chi connectivity index (χ1) is 22.8. The highest BCUT2D eigenvalue weighted by atomic mass is 32.1. The zero-order valence-corrected chi connectivity index (χ0v) is 27.2. The number of fused-ring (bicyclic) bond motifs is 1. The summed E-state index contributed by atoms with van der Waals surface area (Å²) in [4.78, 5) is 55.0. The zero-order valence-electron chi connectivity index (χ0n) is 26.4. The number of amides is 2. The van der Waals surface area contributed by atoms with Gasteiger partial charge in [0.1, 0.15) is 12.0 Å². The van der Waals surface area contributed by atoms with E-state index >= 15 is 0 Å². The van der Waals surface area contributed by atoms with Gasteiger partial charge in [-0.05, 0) is 67.6 Å². The molecule has 2 saturated heterocycles. The molecule has 1 aromatic carbocycles. The number of benzene rings is 1. The predicted octanol–water partition coefficient (Wildman–Crippen LogP) is 4.64. The quantitative estimate of drug-likeness (QED) is 0.275. The molecule has 0 aliphatic carbocycles. The van der Waals surface area contributed by atoms with E-state index in [0.29, 0.717) is 61.4 Å². The molecular weight excluding hydrogens is 613 g/mol. The van der Waals surface area contributed by atoms with Gasteiger partial charge < -0.3 is 19.5 Å². The molecule has 2 fully saturated rings. The van der Waals surface area contributed by atoms with E-state index in [1.165, 1.54) is 22.2 Å². The minimum absolute atomic E-state index is 0.0145. The normalized spacial score (nSPS) is 19.6. The van der Waals surface area contributed by atoms with Crippen molar-refractivity contribution in [3.8, 4) is 10.4 Å². The van der Waals surface area contributed by atoms with Crippen molar-refractivity contribution in [2.24, 2.45) is 5.92 Å². The lowest BCUT2D eigenvalue weighted by Crippen LogP contribution is -2.53. The van der Waals surface area contributed by atoms with E-state index < -0.39 is 5.60 Å². The average molecular weight is 651 g/mol. The first-order valence-corrected chi connectivity index (χ1v) is 17.0. The fourth-order valence-corrected chi connectivity index (χ4v) is 8.06. The van der Waals surface area contributed by atoms with Crippen LogP contribution in [0.5, 0.6) is 0 Å². The van der Waals surface area contributed by atoms with Crippen LogP contribution in [0.2, 0.25) is 0 Å². The molecule has 11 heteroatoms. The second-order valence-corrected chi connectivity index (χ2v) is 13.7. The van der Waals surface area contributed by atoms with Crippen molar-refractivity contribution in [3.05, 3.63) is 106 Å². The average Bonchev–Trinajstić information content (AvgIpc) is 3.78. The smallest absolute Gasteiger partial charge is 0.263 e. The zero-order chi connectivity index (χ0) is 32.5. The van der Waals surface area contributed by atoms with Crippen LogP contribution in [-0.4, -0.2) is 77.6 Å². The molecule has 6 heterocycles. The monoisotopic (exact) mass is 650 g/mol. The van der Waals surface area contributed by atoms with Crippen LogP contribution < -0.4 is 5.56 Å². The molecule has 1 N–H and O–H groups in total. The largest absolute Gasteiger partial charge is 0.388 e. The van der Waals surface area contributed by atoms with Crippen LogP contribution in [0.4, 0.5) is 0 Å². The summed E-state index contributed by atoms with van der Waals surface area (Å²) in [5.41, 5.74) is 1.43. The van der Waals surface area contributed by atoms with Crippen molar-refractivity contribution in [1.29, 1.82) is 0 Å². The number of carbonyl (C=O) groups is 2. The summed E-state index contributed by atoms with van der Waals surface area (Å²) in [6.07, 6.45) is 8.16. The van der Waals surface area contributed by atoms with E-state index in [2.05, 4.69) is 9.97 Å². The van der Waals surface area contributed by atoms with Gasteiger partial charge in [-0.1, -0.05) is 30.3 Å². The standard InChI is InChI=1S/C36H38N6O4S/c1-2-39-18-13-28-32(39)38-24-42(34(28)44)23-36(46)14-20-40(21-15-36)33(43)27-12-19-41(22-29(27)25-6-4-3-5-7-25)35(45)31-9-8-30(47-31)26-10-16-37-17-11-26/h3-11,13,16-18,24,27,29,46H,2,12,14-15,19-23H2,1H3/t27-,29+/m1/s1. The fourth-order valence-electron chi connectivity index (χ4n) is 7.08. The van der Waals surface area contributed by atoms with Crippen LogP contribution in [0, 0.1) is 5.92 Å². The second kappa shape index (κ2) is 12.9. The van der Waals surface area contributed by atoms with Gasteiger partial charge in [0.15, 0.2) is 0 Å². The number of thiophene rings is 1. The highest BCUT2D eigenvalue weighted by Gasteiger charge is 2.42.